The number of hydrogen-bond donors (Lipinski definition) is 3. The Balaban J connectivity index is 1.45. The van der Waals surface area contributed by atoms with Gasteiger partial charge in [-0.2, -0.15) is 0 Å². The Morgan fingerprint density at radius 1 is 1.22 bits per heavy atom. The first-order valence-electron chi connectivity index (χ1n) is 8.99. The number of aryl methyl sites for hydroxylation is 2. The Labute approximate surface area is 162 Å². The lowest BCUT2D eigenvalue weighted by Crippen LogP contribution is -2.31. The smallest absolute Gasteiger partial charge is 0.319 e. The molecule has 8 heteroatoms. The fourth-order valence-electron chi connectivity index (χ4n) is 2.89. The number of hydrogen-bond acceptors (Lipinski definition) is 5. The summed E-state index contributed by atoms with van der Waals surface area (Å²) in [4.78, 5) is 29.6. The monoisotopic (exact) mass is 388 g/mol. The molecule has 3 amide bonds. The summed E-state index contributed by atoms with van der Waals surface area (Å²) in [6.07, 6.45) is 2.15. The van der Waals surface area contributed by atoms with Crippen molar-refractivity contribution in [1.82, 2.24) is 15.6 Å². The Hall–Kier alpha value is -2.45. The van der Waals surface area contributed by atoms with Gasteiger partial charge in [0.1, 0.15) is 0 Å². The maximum atomic E-state index is 12.2. The molecule has 1 atom stereocenters. The van der Waals surface area contributed by atoms with Crippen molar-refractivity contribution in [3.8, 4) is 0 Å². The fraction of sp³-hybridized carbons (Fsp3) is 0.421. The zero-order valence-corrected chi connectivity index (χ0v) is 16.3. The molecule has 1 aromatic carbocycles. The molecule has 0 spiro atoms. The van der Waals surface area contributed by atoms with Gasteiger partial charge >= 0.3 is 6.03 Å². The number of urea groups is 1. The van der Waals surface area contributed by atoms with Crippen LogP contribution in [0.25, 0.3) is 0 Å². The van der Waals surface area contributed by atoms with Crippen molar-refractivity contribution in [2.75, 3.05) is 18.5 Å². The van der Waals surface area contributed by atoms with Crippen molar-refractivity contribution in [3.05, 3.63) is 45.4 Å². The Kier molecular flexibility index (Phi) is 6.41. The highest BCUT2D eigenvalue weighted by molar-refractivity contribution is 7.11. The van der Waals surface area contributed by atoms with Gasteiger partial charge in [-0.05, 0) is 51.0 Å². The van der Waals surface area contributed by atoms with E-state index in [1.165, 1.54) is 0 Å². The highest BCUT2D eigenvalue weighted by atomic mass is 32.1. The maximum absolute atomic E-state index is 12.2. The number of aromatic nitrogens is 1. The van der Waals surface area contributed by atoms with Crippen molar-refractivity contribution in [1.29, 1.82) is 0 Å². The van der Waals surface area contributed by atoms with Gasteiger partial charge in [0.2, 0.25) is 0 Å². The van der Waals surface area contributed by atoms with E-state index in [9.17, 15) is 9.59 Å². The summed E-state index contributed by atoms with van der Waals surface area (Å²) in [6.45, 7) is 5.61. The molecular formula is C19H24N4O3S. The molecule has 1 fully saturated rings. The number of benzene rings is 1. The Morgan fingerprint density at radius 2 is 2.00 bits per heavy atom. The summed E-state index contributed by atoms with van der Waals surface area (Å²) >= 11 is 1.57. The van der Waals surface area contributed by atoms with E-state index in [4.69, 9.17) is 4.74 Å². The molecule has 1 aliphatic rings. The number of rotatable bonds is 6. The number of carbonyl (C=O) groups is 2. The number of nitrogens with one attached hydrogen (secondary N) is 3. The third-order valence-electron chi connectivity index (χ3n) is 4.33. The Morgan fingerprint density at radius 3 is 2.63 bits per heavy atom. The molecule has 0 saturated carbocycles. The molecule has 1 saturated heterocycles. The summed E-state index contributed by atoms with van der Waals surface area (Å²) in [5.74, 6) is -0.141. The lowest BCUT2D eigenvalue weighted by molar-refractivity contribution is 0.0858. The van der Waals surface area contributed by atoms with Gasteiger partial charge in [0.05, 0.1) is 23.4 Å². The van der Waals surface area contributed by atoms with Gasteiger partial charge in [-0.15, -0.1) is 11.3 Å². The van der Waals surface area contributed by atoms with Gasteiger partial charge < -0.3 is 20.7 Å². The summed E-state index contributed by atoms with van der Waals surface area (Å²) in [5.41, 5.74) is 2.12. The van der Waals surface area contributed by atoms with Gasteiger partial charge in [-0.3, -0.25) is 4.79 Å². The third-order valence-corrected chi connectivity index (χ3v) is 5.40. The molecule has 1 aromatic heterocycles. The van der Waals surface area contributed by atoms with E-state index in [2.05, 4.69) is 20.9 Å². The molecule has 0 bridgehead atoms. The lowest BCUT2D eigenvalue weighted by atomic mass is 10.2. The van der Waals surface area contributed by atoms with Gasteiger partial charge in [-0.25, -0.2) is 9.78 Å². The number of nitrogens with zero attached hydrogens (tertiary/aromatic N) is 1. The first-order valence-corrected chi connectivity index (χ1v) is 9.80. The number of anilines is 1. The summed E-state index contributed by atoms with van der Waals surface area (Å²) in [6, 6.07) is 6.51. The number of thiazole rings is 1. The second kappa shape index (κ2) is 8.96. The van der Waals surface area contributed by atoms with Crippen LogP contribution in [0, 0.1) is 13.8 Å². The van der Waals surface area contributed by atoms with E-state index in [1.54, 1.807) is 35.6 Å². The van der Waals surface area contributed by atoms with Crippen LogP contribution in [-0.2, 0) is 11.3 Å². The van der Waals surface area contributed by atoms with Crippen LogP contribution >= 0.6 is 11.3 Å². The van der Waals surface area contributed by atoms with Crippen molar-refractivity contribution in [2.45, 2.75) is 39.3 Å². The van der Waals surface area contributed by atoms with Crippen molar-refractivity contribution in [3.63, 3.8) is 0 Å². The van der Waals surface area contributed by atoms with Crippen LogP contribution in [0.5, 0.6) is 0 Å². The molecule has 1 unspecified atom stereocenters. The molecule has 1 aliphatic heterocycles. The zero-order chi connectivity index (χ0) is 19.2. The van der Waals surface area contributed by atoms with E-state index < -0.39 is 0 Å². The SMILES string of the molecule is Cc1nc(C)c(CNC(=O)Nc2ccc(C(=O)NCC3CCCO3)cc2)s1. The standard InChI is InChI=1S/C19H24N4O3S/c1-12-17(27-13(2)22-12)11-21-19(25)23-15-7-5-14(6-8-15)18(24)20-10-16-4-3-9-26-16/h5-8,16H,3-4,9-11H2,1-2H3,(H,20,24)(H2,21,23,25). The molecular weight excluding hydrogens is 364 g/mol. The van der Waals surface area contributed by atoms with Crippen molar-refractivity contribution < 1.29 is 14.3 Å². The molecule has 27 heavy (non-hydrogen) atoms. The van der Waals surface area contributed by atoms with Gasteiger partial charge in [-0.1, -0.05) is 0 Å². The van der Waals surface area contributed by atoms with Crippen LogP contribution in [0.2, 0.25) is 0 Å². The van der Waals surface area contributed by atoms with Crippen molar-refractivity contribution >= 4 is 29.0 Å². The second-order valence-corrected chi connectivity index (χ2v) is 7.76. The van der Waals surface area contributed by atoms with Gasteiger partial charge in [0, 0.05) is 29.3 Å². The van der Waals surface area contributed by atoms with Crippen LogP contribution in [0.1, 0.15) is 38.8 Å². The van der Waals surface area contributed by atoms with Crippen LogP contribution in [0.15, 0.2) is 24.3 Å². The van der Waals surface area contributed by atoms with E-state index in [0.29, 0.717) is 24.3 Å². The highest BCUT2D eigenvalue weighted by Gasteiger charge is 2.16. The molecule has 0 radical (unpaired) electrons. The maximum Gasteiger partial charge on any atom is 0.319 e. The van der Waals surface area contributed by atoms with E-state index in [0.717, 1.165) is 35.0 Å². The molecule has 7 nitrogen and oxygen atoms in total. The van der Waals surface area contributed by atoms with Crippen molar-refractivity contribution in [2.24, 2.45) is 0 Å². The minimum absolute atomic E-state index is 0.115. The molecule has 144 valence electrons. The summed E-state index contributed by atoms with van der Waals surface area (Å²) < 4.78 is 5.49. The average Bonchev–Trinajstić information content (AvgIpc) is 3.27. The fourth-order valence-corrected chi connectivity index (χ4v) is 3.77. The molecule has 3 N–H and O–H groups in total. The van der Waals surface area contributed by atoms with Gasteiger partial charge in [0.25, 0.3) is 5.91 Å². The topological polar surface area (TPSA) is 92.4 Å². The Bertz CT molecular complexity index is 798. The normalized spacial score (nSPS) is 16.1. The average molecular weight is 388 g/mol. The van der Waals surface area contributed by atoms with Gasteiger partial charge in [0.15, 0.2) is 0 Å². The molecule has 3 rings (SSSR count). The number of amides is 3. The molecule has 0 aliphatic carbocycles. The van der Waals surface area contributed by atoms with Crippen LogP contribution in [0.3, 0.4) is 0 Å². The second-order valence-electron chi connectivity index (χ2n) is 6.47. The van der Waals surface area contributed by atoms with E-state index in [1.807, 2.05) is 13.8 Å². The van der Waals surface area contributed by atoms with E-state index >= 15 is 0 Å². The van der Waals surface area contributed by atoms with E-state index in [-0.39, 0.29) is 18.0 Å². The first kappa shape index (κ1) is 19.3. The lowest BCUT2D eigenvalue weighted by Gasteiger charge is -2.11. The zero-order valence-electron chi connectivity index (χ0n) is 15.5. The summed E-state index contributed by atoms with van der Waals surface area (Å²) in [7, 11) is 0. The third kappa shape index (κ3) is 5.51. The van der Waals surface area contributed by atoms with Crippen LogP contribution in [-0.4, -0.2) is 36.2 Å². The quantitative estimate of drug-likeness (QED) is 0.709. The minimum atomic E-state index is -0.295. The van der Waals surface area contributed by atoms with Crippen LogP contribution in [0.4, 0.5) is 10.5 Å². The van der Waals surface area contributed by atoms with Crippen LogP contribution < -0.4 is 16.0 Å². The highest BCUT2D eigenvalue weighted by Crippen LogP contribution is 2.17. The summed E-state index contributed by atoms with van der Waals surface area (Å²) in [5, 5.41) is 9.44. The molecule has 2 heterocycles. The minimum Gasteiger partial charge on any atom is -0.376 e. The number of ether oxygens (including phenoxy) is 1. The largest absolute Gasteiger partial charge is 0.376 e. The predicted octanol–water partition coefficient (Wildman–Crippen LogP) is 2.99. The first-order chi connectivity index (χ1) is 13.0. The predicted molar refractivity (Wildman–Crippen MR) is 105 cm³/mol. The molecule has 2 aromatic rings. The number of carbonyl (C=O) groups excluding carboxylic acids is 2.